The summed E-state index contributed by atoms with van der Waals surface area (Å²) in [7, 11) is 0. The highest BCUT2D eigenvalue weighted by Crippen LogP contribution is 2.48. The van der Waals surface area contributed by atoms with Crippen LogP contribution in [-0.2, 0) is 4.74 Å². The second kappa shape index (κ2) is 3.93. The van der Waals surface area contributed by atoms with Crippen molar-refractivity contribution in [3.05, 3.63) is 46.7 Å². The van der Waals surface area contributed by atoms with Crippen molar-refractivity contribution < 1.29 is 18.3 Å². The van der Waals surface area contributed by atoms with E-state index in [1.165, 1.54) is 4.90 Å². The second-order valence-corrected chi connectivity index (χ2v) is 5.77. The number of amides is 1. The summed E-state index contributed by atoms with van der Waals surface area (Å²) in [5, 5.41) is 0. The Morgan fingerprint density at radius 2 is 1.95 bits per heavy atom. The number of hydrogen-bond donors (Lipinski definition) is 0. The summed E-state index contributed by atoms with van der Waals surface area (Å²) in [6.45, 7) is 5.21. The monoisotopic (exact) mass is 277 g/mol. The van der Waals surface area contributed by atoms with Crippen LogP contribution in [0.4, 0.5) is 13.6 Å². The van der Waals surface area contributed by atoms with E-state index in [0.29, 0.717) is 0 Å². The van der Waals surface area contributed by atoms with Gasteiger partial charge in [0.1, 0.15) is 22.9 Å². The van der Waals surface area contributed by atoms with E-state index < -0.39 is 29.4 Å². The van der Waals surface area contributed by atoms with E-state index in [4.69, 9.17) is 4.74 Å². The van der Waals surface area contributed by atoms with Gasteiger partial charge in [-0.25, -0.2) is 13.6 Å². The number of rotatable bonds is 0. The van der Waals surface area contributed by atoms with E-state index in [0.717, 1.165) is 12.1 Å². The number of nitrogens with zero attached hydrogens (tertiary/aromatic N) is 1. The molecule has 5 heteroatoms. The van der Waals surface area contributed by atoms with E-state index in [1.807, 2.05) is 0 Å². The van der Waals surface area contributed by atoms with Crippen LogP contribution in [0.25, 0.3) is 5.70 Å². The molecule has 1 atom stereocenters. The number of fused-ring (bicyclic) bond motifs is 5. The average molecular weight is 277 g/mol. The Labute approximate surface area is 115 Å². The summed E-state index contributed by atoms with van der Waals surface area (Å²) in [4.78, 5) is 13.4. The number of hydrogen-bond acceptors (Lipinski definition) is 2. The molecular formula is C15H13F2NO2. The number of halogens is 2. The second-order valence-electron chi connectivity index (χ2n) is 5.77. The molecular weight excluding hydrogens is 264 g/mol. The Hall–Kier alpha value is -2.13. The zero-order chi connectivity index (χ0) is 14.7. The number of carbonyl (C=O) groups excluding carboxylic acids is 1. The molecule has 0 spiro atoms. The Balaban J connectivity index is 2.02. The first-order valence-corrected chi connectivity index (χ1v) is 6.27. The molecule has 2 aliphatic rings. The fourth-order valence-electron chi connectivity index (χ4n) is 2.46. The van der Waals surface area contributed by atoms with Crippen molar-refractivity contribution in [1.29, 1.82) is 0 Å². The lowest BCUT2D eigenvalue weighted by molar-refractivity contribution is 0.0333. The van der Waals surface area contributed by atoms with Gasteiger partial charge in [-0.1, -0.05) is 5.73 Å². The Morgan fingerprint density at radius 3 is 2.55 bits per heavy atom. The maximum absolute atomic E-state index is 13.9. The van der Waals surface area contributed by atoms with E-state index in [9.17, 15) is 13.6 Å². The first kappa shape index (κ1) is 12.9. The lowest BCUT2D eigenvalue weighted by atomic mass is 10.00. The van der Waals surface area contributed by atoms with Crippen LogP contribution in [0.1, 0.15) is 37.9 Å². The fourth-order valence-corrected chi connectivity index (χ4v) is 2.46. The minimum atomic E-state index is -0.678. The summed E-state index contributed by atoms with van der Waals surface area (Å²) in [6.07, 6.45) is 0.915. The third kappa shape index (κ3) is 1.74. The maximum Gasteiger partial charge on any atom is 0.416 e. The van der Waals surface area contributed by atoms with Gasteiger partial charge in [-0.3, -0.25) is 4.90 Å². The molecule has 0 aromatic heterocycles. The van der Waals surface area contributed by atoms with Gasteiger partial charge in [-0.15, -0.1) is 0 Å². The molecule has 2 aliphatic heterocycles. The molecule has 1 aromatic rings. The van der Waals surface area contributed by atoms with Gasteiger partial charge < -0.3 is 4.74 Å². The Bertz CT molecular complexity index is 682. The first-order chi connectivity index (χ1) is 9.29. The van der Waals surface area contributed by atoms with Crippen LogP contribution in [0.5, 0.6) is 0 Å². The van der Waals surface area contributed by atoms with Crippen molar-refractivity contribution in [2.45, 2.75) is 32.4 Å². The normalized spacial score (nSPS) is 19.1. The largest absolute Gasteiger partial charge is 0.443 e. The molecule has 0 fully saturated rings. The van der Waals surface area contributed by atoms with Gasteiger partial charge in [0, 0.05) is 5.56 Å². The zero-order valence-electron chi connectivity index (χ0n) is 11.3. The van der Waals surface area contributed by atoms with Crippen LogP contribution < -0.4 is 0 Å². The summed E-state index contributed by atoms with van der Waals surface area (Å²) in [5.74, 6) is -1.10. The van der Waals surface area contributed by atoms with Gasteiger partial charge in [0.25, 0.3) is 0 Å². The average Bonchev–Trinajstić information content (AvgIpc) is 2.87. The minimum absolute atomic E-state index is 0.100. The molecule has 0 radical (unpaired) electrons. The third-order valence-electron chi connectivity index (χ3n) is 3.16. The summed E-state index contributed by atoms with van der Waals surface area (Å²) in [6, 6.07) is 1.44. The van der Waals surface area contributed by atoms with Crippen LogP contribution in [0, 0.1) is 11.6 Å². The van der Waals surface area contributed by atoms with E-state index in [-0.39, 0.29) is 16.8 Å². The quantitative estimate of drug-likeness (QED) is 0.676. The van der Waals surface area contributed by atoms with Gasteiger partial charge in [-0.05, 0) is 39.0 Å². The highest BCUT2D eigenvalue weighted by Gasteiger charge is 2.44. The predicted molar refractivity (Wildman–Crippen MR) is 68.7 cm³/mol. The number of benzene rings is 1. The molecule has 1 aromatic carbocycles. The molecule has 1 unspecified atom stereocenters. The molecule has 20 heavy (non-hydrogen) atoms. The van der Waals surface area contributed by atoms with Gasteiger partial charge >= 0.3 is 6.09 Å². The minimum Gasteiger partial charge on any atom is -0.443 e. The molecule has 0 saturated carbocycles. The molecule has 1 amide bonds. The molecule has 0 aliphatic carbocycles. The van der Waals surface area contributed by atoms with Gasteiger partial charge in [0.2, 0.25) is 0 Å². The molecule has 3 nitrogen and oxygen atoms in total. The van der Waals surface area contributed by atoms with Crippen LogP contribution in [-0.4, -0.2) is 16.6 Å². The van der Waals surface area contributed by atoms with Gasteiger partial charge in [0.05, 0.1) is 11.6 Å². The van der Waals surface area contributed by atoms with Crippen molar-refractivity contribution >= 4 is 11.8 Å². The van der Waals surface area contributed by atoms with Crippen molar-refractivity contribution in [2.75, 3.05) is 0 Å². The van der Waals surface area contributed by atoms with Crippen LogP contribution in [0.15, 0.2) is 23.9 Å². The standard InChI is InChI=1S/C15H13F2NO2/c1-15(2,3)20-14(19)18-10-6-7-11(18)13-9(17)5-4-8(16)12(10)13/h4-6,10H,1-3H3. The van der Waals surface area contributed by atoms with Gasteiger partial charge in [0.15, 0.2) is 0 Å². The van der Waals surface area contributed by atoms with E-state index in [1.54, 1.807) is 26.8 Å². The first-order valence-electron chi connectivity index (χ1n) is 6.27. The zero-order valence-corrected chi connectivity index (χ0v) is 11.3. The predicted octanol–water partition coefficient (Wildman–Crippen LogP) is 3.77. The van der Waals surface area contributed by atoms with Crippen LogP contribution in [0.2, 0.25) is 0 Å². The van der Waals surface area contributed by atoms with Crippen LogP contribution in [0.3, 0.4) is 0 Å². The van der Waals surface area contributed by atoms with Crippen molar-refractivity contribution in [3.8, 4) is 0 Å². The molecule has 2 heterocycles. The molecule has 2 bridgehead atoms. The maximum atomic E-state index is 13.9. The van der Waals surface area contributed by atoms with E-state index >= 15 is 0 Å². The molecule has 104 valence electrons. The lowest BCUT2D eigenvalue weighted by Crippen LogP contribution is -2.33. The highest BCUT2D eigenvalue weighted by molar-refractivity contribution is 5.89. The molecule has 0 N–H and O–H groups in total. The van der Waals surface area contributed by atoms with Gasteiger partial charge in [-0.2, -0.15) is 0 Å². The third-order valence-corrected chi connectivity index (χ3v) is 3.16. The van der Waals surface area contributed by atoms with E-state index in [2.05, 4.69) is 5.73 Å². The smallest absolute Gasteiger partial charge is 0.416 e. The van der Waals surface area contributed by atoms with Crippen molar-refractivity contribution in [3.63, 3.8) is 0 Å². The summed E-state index contributed by atoms with van der Waals surface area (Å²) in [5.41, 5.74) is 2.63. The molecule has 3 rings (SSSR count). The topological polar surface area (TPSA) is 29.5 Å². The number of ether oxygens (including phenoxy) is 1. The Kier molecular flexibility index (Phi) is 2.53. The summed E-state index contributed by atoms with van der Waals surface area (Å²) < 4.78 is 33.1. The van der Waals surface area contributed by atoms with Crippen molar-refractivity contribution in [1.82, 2.24) is 4.90 Å². The van der Waals surface area contributed by atoms with Crippen LogP contribution >= 0.6 is 0 Å². The summed E-state index contributed by atoms with van der Waals surface area (Å²) >= 11 is 0. The SMILES string of the molecule is CC(C)(C)OC(=O)N1C2=C=CC1c1c(F)ccc(F)c12. The fraction of sp³-hybridized carbons (Fsp3) is 0.333. The van der Waals surface area contributed by atoms with Crippen molar-refractivity contribution in [2.24, 2.45) is 0 Å². The molecule has 0 saturated heterocycles. The Morgan fingerprint density at radius 1 is 1.30 bits per heavy atom. The highest BCUT2D eigenvalue weighted by atomic mass is 19.1. The lowest BCUT2D eigenvalue weighted by Gasteiger charge is -2.25. The number of carbonyl (C=O) groups is 1.